The van der Waals surface area contributed by atoms with Crippen LogP contribution in [0.4, 0.5) is 0 Å². The Hall–Kier alpha value is -0.870. The molecule has 8 nitrogen and oxygen atoms in total. The molecule has 3 saturated carbocycles. The molecule has 3 rings (SSSR count). The van der Waals surface area contributed by atoms with Gasteiger partial charge in [0.15, 0.2) is 12.3 Å². The molecule has 2 N–H and O–H groups in total. The highest BCUT2D eigenvalue weighted by Crippen LogP contribution is 2.35. The molecular weight excluding hydrogens is 434 g/mol. The van der Waals surface area contributed by atoms with Gasteiger partial charge in [0.1, 0.15) is 0 Å². The fraction of sp³-hybridized carbons (Fsp3) is 0.913. The van der Waals surface area contributed by atoms with Crippen LogP contribution in [0.5, 0.6) is 0 Å². The molecule has 0 aromatic carbocycles. The van der Waals surface area contributed by atoms with Crippen LogP contribution in [-0.2, 0) is 27.7 Å². The number of ether oxygens (including phenoxy) is 1. The van der Waals surface area contributed by atoms with Gasteiger partial charge < -0.3 is 15.2 Å². The van der Waals surface area contributed by atoms with E-state index in [1.54, 1.807) is 0 Å². The van der Waals surface area contributed by atoms with Crippen LogP contribution in [0.3, 0.4) is 0 Å². The molecule has 3 atom stereocenters. The van der Waals surface area contributed by atoms with Crippen LogP contribution in [0.15, 0.2) is 0 Å². The molecule has 0 aliphatic heterocycles. The summed E-state index contributed by atoms with van der Waals surface area (Å²) in [5.74, 6) is -1.63. The number of hydrogen-bond donors (Lipinski definition) is 2. The Labute approximate surface area is 195 Å². The molecule has 9 heteroatoms. The number of nitrogens with one attached hydrogen (secondary N) is 1. The summed E-state index contributed by atoms with van der Waals surface area (Å²) in [5.41, 5.74) is 0. The monoisotopic (exact) mass is 473 g/mol. The SMILES string of the molecule is CCOC1CCC(NC(=O)C2CCC(OSOOC3CCC(C)CC3)CC2C(=O)O)CC1. The van der Waals surface area contributed by atoms with Gasteiger partial charge in [0.05, 0.1) is 30.1 Å². The van der Waals surface area contributed by atoms with Gasteiger partial charge in [-0.2, -0.15) is 0 Å². The van der Waals surface area contributed by atoms with Crippen molar-refractivity contribution in [2.45, 2.75) is 109 Å². The lowest BCUT2D eigenvalue weighted by atomic mass is 9.77. The molecular formula is C23H39NO7S. The fourth-order valence-corrected chi connectivity index (χ4v) is 5.65. The second-order valence-electron chi connectivity index (χ2n) is 9.63. The Kier molecular flexibility index (Phi) is 10.6. The van der Waals surface area contributed by atoms with Gasteiger partial charge in [0, 0.05) is 12.6 Å². The molecule has 32 heavy (non-hydrogen) atoms. The van der Waals surface area contributed by atoms with Crippen molar-refractivity contribution in [1.29, 1.82) is 0 Å². The molecule has 3 unspecified atom stereocenters. The molecule has 0 spiro atoms. The van der Waals surface area contributed by atoms with E-state index in [-0.39, 0.29) is 30.3 Å². The summed E-state index contributed by atoms with van der Waals surface area (Å²) >= 11 is 0.783. The lowest BCUT2D eigenvalue weighted by Gasteiger charge is -2.34. The number of amides is 1. The van der Waals surface area contributed by atoms with Crippen LogP contribution in [0.2, 0.25) is 0 Å². The topological polar surface area (TPSA) is 103 Å². The third kappa shape index (κ3) is 7.87. The number of carbonyl (C=O) groups excluding carboxylic acids is 1. The summed E-state index contributed by atoms with van der Waals surface area (Å²) in [5, 5.41) is 12.8. The first-order valence-electron chi connectivity index (χ1n) is 12.3. The van der Waals surface area contributed by atoms with Gasteiger partial charge in [-0.3, -0.25) is 13.8 Å². The fourth-order valence-electron chi connectivity index (χ4n) is 5.19. The van der Waals surface area contributed by atoms with E-state index in [0.29, 0.717) is 25.9 Å². The molecule has 184 valence electrons. The molecule has 0 heterocycles. The van der Waals surface area contributed by atoms with Crippen LogP contribution in [0, 0.1) is 17.8 Å². The van der Waals surface area contributed by atoms with Crippen molar-refractivity contribution in [3.63, 3.8) is 0 Å². The van der Waals surface area contributed by atoms with Crippen LogP contribution in [-0.4, -0.2) is 47.9 Å². The summed E-state index contributed by atoms with van der Waals surface area (Å²) in [6, 6.07) is 0.103. The molecule has 0 saturated heterocycles. The number of hydrogen-bond acceptors (Lipinski definition) is 7. The Morgan fingerprint density at radius 2 is 1.56 bits per heavy atom. The number of carboxylic acids is 1. The molecule has 3 aliphatic carbocycles. The van der Waals surface area contributed by atoms with Crippen molar-refractivity contribution in [1.82, 2.24) is 5.32 Å². The van der Waals surface area contributed by atoms with Crippen LogP contribution in [0.25, 0.3) is 0 Å². The largest absolute Gasteiger partial charge is 0.481 e. The van der Waals surface area contributed by atoms with Crippen molar-refractivity contribution in [3.05, 3.63) is 0 Å². The Balaban J connectivity index is 1.37. The van der Waals surface area contributed by atoms with E-state index in [4.69, 9.17) is 18.1 Å². The molecule has 3 fully saturated rings. The van der Waals surface area contributed by atoms with E-state index in [1.165, 1.54) is 0 Å². The molecule has 0 aromatic heterocycles. The van der Waals surface area contributed by atoms with Crippen molar-refractivity contribution in [2.24, 2.45) is 17.8 Å². The van der Waals surface area contributed by atoms with Gasteiger partial charge in [-0.25, -0.2) is 4.89 Å². The molecule has 1 amide bonds. The van der Waals surface area contributed by atoms with Crippen molar-refractivity contribution in [3.8, 4) is 0 Å². The summed E-state index contributed by atoms with van der Waals surface area (Å²) in [4.78, 5) is 30.1. The van der Waals surface area contributed by atoms with Gasteiger partial charge in [-0.1, -0.05) is 6.92 Å². The third-order valence-electron chi connectivity index (χ3n) is 7.22. The molecule has 0 bridgehead atoms. The third-order valence-corrected chi connectivity index (χ3v) is 7.71. The summed E-state index contributed by atoms with van der Waals surface area (Å²) < 4.78 is 16.5. The second-order valence-corrected chi connectivity index (χ2v) is 10.1. The van der Waals surface area contributed by atoms with E-state index < -0.39 is 17.8 Å². The zero-order chi connectivity index (χ0) is 22.9. The zero-order valence-corrected chi connectivity index (χ0v) is 20.1. The maximum atomic E-state index is 12.9. The van der Waals surface area contributed by atoms with E-state index in [0.717, 1.165) is 69.6 Å². The van der Waals surface area contributed by atoms with E-state index >= 15 is 0 Å². The minimum absolute atomic E-state index is 0.0945. The Morgan fingerprint density at radius 3 is 2.22 bits per heavy atom. The molecule has 3 aliphatic rings. The highest BCUT2D eigenvalue weighted by atomic mass is 32.2. The smallest absolute Gasteiger partial charge is 0.307 e. The van der Waals surface area contributed by atoms with Gasteiger partial charge in [0.25, 0.3) is 0 Å². The Morgan fingerprint density at radius 1 is 0.906 bits per heavy atom. The minimum atomic E-state index is -0.947. The average molecular weight is 474 g/mol. The van der Waals surface area contributed by atoms with Gasteiger partial charge in [-0.05, 0) is 83.5 Å². The van der Waals surface area contributed by atoms with Gasteiger partial charge in [-0.15, -0.1) is 4.33 Å². The minimum Gasteiger partial charge on any atom is -0.481 e. The van der Waals surface area contributed by atoms with Gasteiger partial charge in [0.2, 0.25) is 5.91 Å². The predicted octanol–water partition coefficient (Wildman–Crippen LogP) is 4.43. The number of rotatable bonds is 10. The lowest BCUT2D eigenvalue weighted by Crippen LogP contribution is -2.47. The summed E-state index contributed by atoms with van der Waals surface area (Å²) in [7, 11) is 0. The van der Waals surface area contributed by atoms with Crippen molar-refractivity contribution >= 4 is 24.2 Å². The summed E-state index contributed by atoms with van der Waals surface area (Å²) in [6.45, 7) is 4.95. The van der Waals surface area contributed by atoms with E-state index in [1.807, 2.05) is 6.92 Å². The average Bonchev–Trinajstić information content (AvgIpc) is 2.79. The standard InChI is InChI=1S/C23H39NO7S/c1-3-28-17-10-6-16(7-11-17)24-22(25)20-13-12-19(14-21(20)23(26)27)30-32-31-29-18-8-4-15(2)5-9-18/h15-21H,3-14H2,1-2H3,(H,24,25)(H,26,27). The summed E-state index contributed by atoms with van der Waals surface area (Å²) in [6.07, 6.45) is 9.36. The number of aliphatic carboxylic acids is 1. The van der Waals surface area contributed by atoms with Gasteiger partial charge >= 0.3 is 5.97 Å². The van der Waals surface area contributed by atoms with E-state index in [2.05, 4.69) is 12.2 Å². The number of carbonyl (C=O) groups is 2. The maximum Gasteiger partial charge on any atom is 0.307 e. The van der Waals surface area contributed by atoms with Crippen LogP contribution in [0.1, 0.15) is 84.5 Å². The first-order chi connectivity index (χ1) is 15.5. The highest BCUT2D eigenvalue weighted by Gasteiger charge is 2.41. The zero-order valence-electron chi connectivity index (χ0n) is 19.3. The second kappa shape index (κ2) is 13.1. The molecule has 0 aromatic rings. The maximum absolute atomic E-state index is 12.9. The van der Waals surface area contributed by atoms with Crippen molar-refractivity contribution < 1.29 is 32.8 Å². The predicted molar refractivity (Wildman–Crippen MR) is 120 cm³/mol. The highest BCUT2D eigenvalue weighted by molar-refractivity contribution is 7.89. The first-order valence-corrected chi connectivity index (χ1v) is 12.9. The Bertz CT molecular complexity index is 591. The van der Waals surface area contributed by atoms with Crippen LogP contribution < -0.4 is 5.32 Å². The normalized spacial score (nSPS) is 35.9. The quantitative estimate of drug-likeness (QED) is 0.208. The first kappa shape index (κ1) is 25.7. The van der Waals surface area contributed by atoms with E-state index in [9.17, 15) is 14.7 Å². The number of carboxylic acid groups (broad SMARTS) is 1. The molecule has 0 radical (unpaired) electrons. The van der Waals surface area contributed by atoms with Crippen molar-refractivity contribution in [2.75, 3.05) is 6.61 Å². The lowest BCUT2D eigenvalue weighted by molar-refractivity contribution is -0.244. The van der Waals surface area contributed by atoms with Crippen LogP contribution >= 0.6 is 12.3 Å².